The minimum Gasteiger partial charge on any atom is -0.351 e. The Labute approximate surface area is 112 Å². The van der Waals surface area contributed by atoms with Gasteiger partial charge in [-0.1, -0.05) is 12.8 Å². The van der Waals surface area contributed by atoms with E-state index in [0.29, 0.717) is 12.5 Å². The molecule has 2 rings (SSSR count). The molecule has 0 radical (unpaired) electrons. The second kappa shape index (κ2) is 6.43. The van der Waals surface area contributed by atoms with Crippen molar-refractivity contribution in [1.29, 1.82) is 0 Å². The van der Waals surface area contributed by atoms with E-state index in [4.69, 9.17) is 5.73 Å². The van der Waals surface area contributed by atoms with Crippen LogP contribution in [0.25, 0.3) is 0 Å². The maximum absolute atomic E-state index is 11.4. The van der Waals surface area contributed by atoms with Crippen LogP contribution in [0.4, 0.5) is 4.79 Å². The SMILES string of the molecule is NC(=O)NC(=O)CCN1CCSC2CCCCC21. The first kappa shape index (κ1) is 13.7. The van der Waals surface area contributed by atoms with Gasteiger partial charge in [-0.15, -0.1) is 0 Å². The number of amides is 3. The van der Waals surface area contributed by atoms with Gasteiger partial charge in [0.25, 0.3) is 0 Å². The van der Waals surface area contributed by atoms with Gasteiger partial charge in [-0.25, -0.2) is 4.79 Å². The average Bonchev–Trinajstić information content (AvgIpc) is 2.35. The van der Waals surface area contributed by atoms with Crippen molar-refractivity contribution in [2.24, 2.45) is 5.73 Å². The Morgan fingerprint density at radius 1 is 1.33 bits per heavy atom. The highest BCUT2D eigenvalue weighted by Crippen LogP contribution is 2.35. The van der Waals surface area contributed by atoms with Gasteiger partial charge in [0.1, 0.15) is 0 Å². The molecule has 3 N–H and O–H groups in total. The molecule has 0 aromatic heterocycles. The molecule has 1 saturated carbocycles. The fourth-order valence-corrected chi connectivity index (χ4v) is 4.41. The van der Waals surface area contributed by atoms with Crippen LogP contribution in [0.1, 0.15) is 32.1 Å². The van der Waals surface area contributed by atoms with Crippen LogP contribution < -0.4 is 11.1 Å². The molecule has 102 valence electrons. The van der Waals surface area contributed by atoms with Crippen LogP contribution in [0.2, 0.25) is 0 Å². The Morgan fingerprint density at radius 3 is 2.89 bits per heavy atom. The molecule has 3 amide bonds. The normalized spacial score (nSPS) is 28.4. The molecule has 0 aromatic carbocycles. The van der Waals surface area contributed by atoms with E-state index >= 15 is 0 Å². The molecular formula is C12H21N3O2S. The third-order valence-corrected chi connectivity index (χ3v) is 5.13. The number of primary amides is 1. The number of rotatable bonds is 3. The zero-order chi connectivity index (χ0) is 13.0. The summed E-state index contributed by atoms with van der Waals surface area (Å²) in [5.41, 5.74) is 4.92. The molecule has 1 saturated heterocycles. The summed E-state index contributed by atoms with van der Waals surface area (Å²) >= 11 is 2.08. The quantitative estimate of drug-likeness (QED) is 0.801. The Bertz CT molecular complexity index is 322. The van der Waals surface area contributed by atoms with Crippen LogP contribution >= 0.6 is 11.8 Å². The van der Waals surface area contributed by atoms with Crippen LogP contribution in [-0.2, 0) is 4.79 Å². The van der Waals surface area contributed by atoms with Crippen molar-refractivity contribution in [3.05, 3.63) is 0 Å². The van der Waals surface area contributed by atoms with Crippen molar-refractivity contribution >= 4 is 23.7 Å². The number of imide groups is 1. The second-order valence-corrected chi connectivity index (χ2v) is 6.31. The van der Waals surface area contributed by atoms with Crippen molar-refractivity contribution in [2.75, 3.05) is 18.8 Å². The van der Waals surface area contributed by atoms with Gasteiger partial charge in [-0.2, -0.15) is 11.8 Å². The van der Waals surface area contributed by atoms with Crippen LogP contribution in [0.3, 0.4) is 0 Å². The largest absolute Gasteiger partial charge is 0.351 e. The summed E-state index contributed by atoms with van der Waals surface area (Å²) in [6.07, 6.45) is 5.54. The summed E-state index contributed by atoms with van der Waals surface area (Å²) in [6, 6.07) is -0.136. The minimum absolute atomic E-state index is 0.270. The predicted molar refractivity (Wildman–Crippen MR) is 72.4 cm³/mol. The Hall–Kier alpha value is -0.750. The number of thioether (sulfide) groups is 1. The highest BCUT2D eigenvalue weighted by molar-refractivity contribution is 8.00. The molecule has 1 aliphatic carbocycles. The Kier molecular flexibility index (Phi) is 4.88. The highest BCUT2D eigenvalue weighted by Gasteiger charge is 2.33. The summed E-state index contributed by atoms with van der Waals surface area (Å²) in [5.74, 6) is 0.881. The highest BCUT2D eigenvalue weighted by atomic mass is 32.2. The molecule has 2 unspecified atom stereocenters. The maximum atomic E-state index is 11.4. The molecule has 0 bridgehead atoms. The number of hydrogen-bond donors (Lipinski definition) is 2. The van der Waals surface area contributed by atoms with E-state index in [1.54, 1.807) is 0 Å². The fraction of sp³-hybridized carbons (Fsp3) is 0.833. The number of carbonyl (C=O) groups excluding carboxylic acids is 2. The van der Waals surface area contributed by atoms with Crippen molar-refractivity contribution < 1.29 is 9.59 Å². The van der Waals surface area contributed by atoms with Crippen LogP contribution in [-0.4, -0.2) is 47.0 Å². The van der Waals surface area contributed by atoms with E-state index in [0.717, 1.165) is 24.1 Å². The summed E-state index contributed by atoms with van der Waals surface area (Å²) in [6.45, 7) is 1.79. The monoisotopic (exact) mass is 271 g/mol. The standard InChI is InChI=1S/C12H21N3O2S/c13-12(17)14-11(16)5-6-15-7-8-18-10-4-2-1-3-9(10)15/h9-10H,1-8H2,(H3,13,14,16,17). The molecule has 6 heteroatoms. The summed E-state index contributed by atoms with van der Waals surface area (Å²) in [5, 5.41) is 2.86. The van der Waals surface area contributed by atoms with Gasteiger partial charge in [0.05, 0.1) is 0 Å². The zero-order valence-corrected chi connectivity index (χ0v) is 11.4. The van der Waals surface area contributed by atoms with E-state index in [1.165, 1.54) is 25.7 Å². The molecule has 2 aliphatic rings. The zero-order valence-electron chi connectivity index (χ0n) is 10.6. The van der Waals surface area contributed by atoms with Gasteiger partial charge in [-0.3, -0.25) is 15.0 Å². The van der Waals surface area contributed by atoms with Crippen LogP contribution in [0.15, 0.2) is 0 Å². The number of carbonyl (C=O) groups is 2. The smallest absolute Gasteiger partial charge is 0.318 e. The third kappa shape index (κ3) is 3.62. The Morgan fingerprint density at radius 2 is 2.11 bits per heavy atom. The van der Waals surface area contributed by atoms with Gasteiger partial charge in [0.2, 0.25) is 5.91 Å². The second-order valence-electron chi connectivity index (χ2n) is 4.96. The lowest BCUT2D eigenvalue weighted by Crippen LogP contribution is -2.50. The van der Waals surface area contributed by atoms with Gasteiger partial charge >= 0.3 is 6.03 Å². The predicted octanol–water partition coefficient (Wildman–Crippen LogP) is 0.931. The number of fused-ring (bicyclic) bond motifs is 1. The van der Waals surface area contributed by atoms with Gasteiger partial charge in [0, 0.05) is 36.6 Å². The molecule has 2 fully saturated rings. The molecular weight excluding hydrogens is 250 g/mol. The van der Waals surface area contributed by atoms with Crippen LogP contribution in [0, 0.1) is 0 Å². The molecule has 0 spiro atoms. The first-order valence-electron chi connectivity index (χ1n) is 6.62. The summed E-state index contributed by atoms with van der Waals surface area (Å²) in [7, 11) is 0. The third-order valence-electron chi connectivity index (χ3n) is 3.74. The summed E-state index contributed by atoms with van der Waals surface area (Å²) in [4.78, 5) is 24.4. The topological polar surface area (TPSA) is 75.4 Å². The molecule has 1 heterocycles. The van der Waals surface area contributed by atoms with E-state index < -0.39 is 6.03 Å². The number of nitrogens with two attached hydrogens (primary N) is 1. The first-order valence-corrected chi connectivity index (χ1v) is 7.66. The van der Waals surface area contributed by atoms with Crippen LogP contribution in [0.5, 0.6) is 0 Å². The number of nitrogens with zero attached hydrogens (tertiary/aromatic N) is 1. The number of nitrogens with one attached hydrogen (secondary N) is 1. The molecule has 5 nitrogen and oxygen atoms in total. The molecule has 1 aliphatic heterocycles. The number of urea groups is 1. The van der Waals surface area contributed by atoms with Crippen molar-refractivity contribution in [1.82, 2.24) is 10.2 Å². The molecule has 18 heavy (non-hydrogen) atoms. The lowest BCUT2D eigenvalue weighted by Gasteiger charge is -2.43. The van der Waals surface area contributed by atoms with Crippen molar-refractivity contribution in [3.8, 4) is 0 Å². The average molecular weight is 271 g/mol. The molecule has 0 aromatic rings. The van der Waals surface area contributed by atoms with E-state index in [-0.39, 0.29) is 5.91 Å². The van der Waals surface area contributed by atoms with Crippen molar-refractivity contribution in [2.45, 2.75) is 43.4 Å². The first-order chi connectivity index (χ1) is 8.66. The van der Waals surface area contributed by atoms with Gasteiger partial charge < -0.3 is 5.73 Å². The van der Waals surface area contributed by atoms with Crippen molar-refractivity contribution in [3.63, 3.8) is 0 Å². The van der Waals surface area contributed by atoms with E-state index in [2.05, 4.69) is 22.0 Å². The fourth-order valence-electron chi connectivity index (χ4n) is 2.90. The summed E-state index contributed by atoms with van der Waals surface area (Å²) < 4.78 is 0. The van der Waals surface area contributed by atoms with Gasteiger partial charge in [-0.05, 0) is 12.8 Å². The van der Waals surface area contributed by atoms with E-state index in [1.807, 2.05) is 0 Å². The minimum atomic E-state index is -0.759. The number of hydrogen-bond acceptors (Lipinski definition) is 4. The lowest BCUT2D eigenvalue weighted by atomic mass is 9.93. The van der Waals surface area contributed by atoms with E-state index in [9.17, 15) is 9.59 Å². The maximum Gasteiger partial charge on any atom is 0.318 e. The lowest BCUT2D eigenvalue weighted by molar-refractivity contribution is -0.120. The molecule has 2 atom stereocenters. The van der Waals surface area contributed by atoms with Gasteiger partial charge in [0.15, 0.2) is 0 Å². The Balaban J connectivity index is 1.80.